The Morgan fingerprint density at radius 3 is 2.48 bits per heavy atom. The van der Waals surface area contributed by atoms with E-state index in [1.54, 1.807) is 18.2 Å². The first-order chi connectivity index (χ1) is 10.1. The van der Waals surface area contributed by atoms with Gasteiger partial charge in [-0.2, -0.15) is 5.26 Å². The number of nitro groups is 1. The summed E-state index contributed by atoms with van der Waals surface area (Å²) < 4.78 is 5.55. The molecule has 0 aliphatic carbocycles. The van der Waals surface area contributed by atoms with Gasteiger partial charge in [-0.05, 0) is 29.3 Å². The molecule has 0 aliphatic heterocycles. The minimum atomic E-state index is -0.525. The Kier molecular flexibility index (Phi) is 4.75. The monoisotopic (exact) mass is 302 g/mol. The summed E-state index contributed by atoms with van der Waals surface area (Å²) in [7, 11) is 0. The molecule has 0 radical (unpaired) electrons. The fraction of sp³-hybridized carbons (Fsp3) is 0.133. The Morgan fingerprint density at radius 1 is 1.19 bits per heavy atom. The molecule has 0 aliphatic rings. The molecule has 0 unspecified atom stereocenters. The van der Waals surface area contributed by atoms with Crippen LogP contribution in [-0.4, -0.2) is 4.92 Å². The van der Waals surface area contributed by atoms with E-state index in [0.717, 1.165) is 5.56 Å². The van der Waals surface area contributed by atoms with Gasteiger partial charge in [0.1, 0.15) is 17.4 Å². The molecule has 0 aromatic heterocycles. The van der Waals surface area contributed by atoms with Gasteiger partial charge in [-0.1, -0.05) is 29.8 Å². The van der Waals surface area contributed by atoms with Crippen molar-refractivity contribution in [3.8, 4) is 11.8 Å². The van der Waals surface area contributed by atoms with Crippen LogP contribution in [0, 0.1) is 21.4 Å². The molecular weight excluding hydrogens is 292 g/mol. The predicted molar refractivity (Wildman–Crippen MR) is 78.2 cm³/mol. The third-order valence-corrected chi connectivity index (χ3v) is 3.14. The van der Waals surface area contributed by atoms with Gasteiger partial charge in [0.25, 0.3) is 5.69 Å². The lowest BCUT2D eigenvalue weighted by Gasteiger charge is -2.07. The number of hydrogen-bond acceptors (Lipinski definition) is 4. The van der Waals surface area contributed by atoms with Crippen molar-refractivity contribution in [2.75, 3.05) is 0 Å². The van der Waals surface area contributed by atoms with Crippen molar-refractivity contribution in [3.63, 3.8) is 0 Å². The summed E-state index contributed by atoms with van der Waals surface area (Å²) in [5, 5.41) is 19.5. The highest BCUT2D eigenvalue weighted by Gasteiger charge is 2.12. The SMILES string of the molecule is N#CCc1ccc(OCc2ccc(Cl)c([N+](=O)[O-])c2)cc1. The van der Waals surface area contributed by atoms with Crippen LogP contribution in [0.15, 0.2) is 42.5 Å². The molecule has 6 heteroatoms. The van der Waals surface area contributed by atoms with Crippen LogP contribution in [0.25, 0.3) is 0 Å². The molecule has 0 atom stereocenters. The van der Waals surface area contributed by atoms with Crippen LogP contribution < -0.4 is 4.74 Å². The summed E-state index contributed by atoms with van der Waals surface area (Å²) in [5.41, 5.74) is 1.43. The quantitative estimate of drug-likeness (QED) is 0.620. The van der Waals surface area contributed by atoms with Gasteiger partial charge in [-0.3, -0.25) is 10.1 Å². The van der Waals surface area contributed by atoms with Crippen molar-refractivity contribution >= 4 is 17.3 Å². The smallest absolute Gasteiger partial charge is 0.288 e. The Hall–Kier alpha value is -2.58. The highest BCUT2D eigenvalue weighted by atomic mass is 35.5. The predicted octanol–water partition coefficient (Wildman–Crippen LogP) is 3.89. The van der Waals surface area contributed by atoms with Gasteiger partial charge in [-0.25, -0.2) is 0 Å². The first-order valence-corrected chi connectivity index (χ1v) is 6.49. The minimum absolute atomic E-state index is 0.101. The standard InChI is InChI=1S/C15H11ClN2O3/c16-14-6-3-12(9-15(14)18(19)20)10-21-13-4-1-11(2-5-13)7-8-17/h1-6,9H,7,10H2. The van der Waals surface area contributed by atoms with Crippen LogP contribution in [-0.2, 0) is 13.0 Å². The fourth-order valence-corrected chi connectivity index (χ4v) is 1.94. The zero-order valence-corrected chi connectivity index (χ0v) is 11.7. The van der Waals surface area contributed by atoms with E-state index >= 15 is 0 Å². The lowest BCUT2D eigenvalue weighted by molar-refractivity contribution is -0.384. The van der Waals surface area contributed by atoms with Gasteiger partial charge in [0.2, 0.25) is 0 Å². The Labute approximate surface area is 126 Å². The Morgan fingerprint density at radius 2 is 1.86 bits per heavy atom. The van der Waals surface area contributed by atoms with E-state index in [2.05, 4.69) is 6.07 Å². The molecule has 5 nitrogen and oxygen atoms in total. The molecule has 0 heterocycles. The second-order valence-electron chi connectivity index (χ2n) is 4.31. The molecule has 0 bridgehead atoms. The number of halogens is 1. The normalized spacial score (nSPS) is 9.90. The Bertz CT molecular complexity index is 693. The second kappa shape index (κ2) is 6.73. The van der Waals surface area contributed by atoms with Crippen molar-refractivity contribution in [3.05, 3.63) is 68.7 Å². The lowest BCUT2D eigenvalue weighted by atomic mass is 10.1. The van der Waals surface area contributed by atoms with E-state index in [-0.39, 0.29) is 17.3 Å². The molecule has 106 valence electrons. The molecule has 0 fully saturated rings. The van der Waals surface area contributed by atoms with Gasteiger partial charge in [0, 0.05) is 6.07 Å². The average Bonchev–Trinajstić information content (AvgIpc) is 2.48. The number of ether oxygens (including phenoxy) is 1. The number of benzene rings is 2. The maximum Gasteiger partial charge on any atom is 0.288 e. The third kappa shape index (κ3) is 3.94. The number of nitro benzene ring substituents is 1. The molecule has 2 rings (SSSR count). The summed E-state index contributed by atoms with van der Waals surface area (Å²) in [4.78, 5) is 10.3. The largest absolute Gasteiger partial charge is 0.489 e. The molecule has 0 amide bonds. The second-order valence-corrected chi connectivity index (χ2v) is 4.72. The van der Waals surface area contributed by atoms with E-state index in [0.29, 0.717) is 17.7 Å². The van der Waals surface area contributed by atoms with Crippen molar-refractivity contribution in [2.24, 2.45) is 0 Å². The molecule has 2 aromatic rings. The zero-order valence-electron chi connectivity index (χ0n) is 11.0. The summed E-state index contributed by atoms with van der Waals surface area (Å²) in [6, 6.07) is 13.8. The minimum Gasteiger partial charge on any atom is -0.489 e. The molecule has 0 N–H and O–H groups in total. The van der Waals surface area contributed by atoms with Gasteiger partial charge in [0.15, 0.2) is 0 Å². The van der Waals surface area contributed by atoms with Crippen LogP contribution in [0.3, 0.4) is 0 Å². The van der Waals surface area contributed by atoms with Gasteiger partial charge >= 0.3 is 0 Å². The maximum absolute atomic E-state index is 10.8. The fourth-order valence-electron chi connectivity index (χ4n) is 1.75. The summed E-state index contributed by atoms with van der Waals surface area (Å²) in [5.74, 6) is 0.634. The van der Waals surface area contributed by atoms with Crippen molar-refractivity contribution < 1.29 is 9.66 Å². The van der Waals surface area contributed by atoms with E-state index in [9.17, 15) is 10.1 Å². The Balaban J connectivity index is 2.04. The number of hydrogen-bond donors (Lipinski definition) is 0. The van der Waals surface area contributed by atoms with E-state index in [1.807, 2.05) is 12.1 Å². The van der Waals surface area contributed by atoms with Gasteiger partial charge in [-0.15, -0.1) is 0 Å². The van der Waals surface area contributed by atoms with Crippen LogP contribution in [0.5, 0.6) is 5.75 Å². The molecule has 2 aromatic carbocycles. The first-order valence-electron chi connectivity index (χ1n) is 6.11. The van der Waals surface area contributed by atoms with Crippen molar-refractivity contribution in [1.82, 2.24) is 0 Å². The highest BCUT2D eigenvalue weighted by molar-refractivity contribution is 6.32. The number of rotatable bonds is 5. The maximum atomic E-state index is 10.8. The number of nitrogens with zero attached hydrogens (tertiary/aromatic N) is 2. The van der Waals surface area contributed by atoms with Crippen LogP contribution in [0.1, 0.15) is 11.1 Å². The average molecular weight is 303 g/mol. The van der Waals surface area contributed by atoms with Gasteiger partial charge < -0.3 is 4.74 Å². The van der Waals surface area contributed by atoms with Crippen LogP contribution >= 0.6 is 11.6 Å². The molecule has 0 saturated carbocycles. The summed E-state index contributed by atoms with van der Waals surface area (Å²) in [6.45, 7) is 0.204. The molecule has 0 saturated heterocycles. The van der Waals surface area contributed by atoms with Crippen LogP contribution in [0.2, 0.25) is 5.02 Å². The summed E-state index contributed by atoms with van der Waals surface area (Å²) >= 11 is 5.75. The molecular formula is C15H11ClN2O3. The van der Waals surface area contributed by atoms with E-state index < -0.39 is 4.92 Å². The molecule has 0 spiro atoms. The topological polar surface area (TPSA) is 76.2 Å². The number of nitriles is 1. The third-order valence-electron chi connectivity index (χ3n) is 2.82. The summed E-state index contributed by atoms with van der Waals surface area (Å²) in [6.07, 6.45) is 0.351. The lowest BCUT2D eigenvalue weighted by Crippen LogP contribution is -1.97. The highest BCUT2D eigenvalue weighted by Crippen LogP contribution is 2.25. The van der Waals surface area contributed by atoms with E-state index in [4.69, 9.17) is 21.6 Å². The van der Waals surface area contributed by atoms with Gasteiger partial charge in [0.05, 0.1) is 17.4 Å². The van der Waals surface area contributed by atoms with E-state index in [1.165, 1.54) is 12.1 Å². The van der Waals surface area contributed by atoms with Crippen molar-refractivity contribution in [1.29, 1.82) is 5.26 Å². The van der Waals surface area contributed by atoms with Crippen LogP contribution in [0.4, 0.5) is 5.69 Å². The first kappa shape index (κ1) is 14.8. The van der Waals surface area contributed by atoms with Crippen molar-refractivity contribution in [2.45, 2.75) is 13.0 Å². The zero-order chi connectivity index (χ0) is 15.2. The molecule has 21 heavy (non-hydrogen) atoms.